The summed E-state index contributed by atoms with van der Waals surface area (Å²) in [4.78, 5) is 38.2. The average molecular weight is 538 g/mol. The number of carbonyl (C=O) groups excluding carboxylic acids is 2. The summed E-state index contributed by atoms with van der Waals surface area (Å²) in [6, 6.07) is 12.2. The summed E-state index contributed by atoms with van der Waals surface area (Å²) in [7, 11) is 1.50. The molecule has 0 bridgehead atoms. The van der Waals surface area contributed by atoms with Gasteiger partial charge in [0.1, 0.15) is 27.3 Å². The van der Waals surface area contributed by atoms with Crippen molar-refractivity contribution in [3.8, 4) is 22.9 Å². The van der Waals surface area contributed by atoms with Gasteiger partial charge in [0.15, 0.2) is 5.13 Å². The van der Waals surface area contributed by atoms with E-state index in [1.807, 2.05) is 0 Å². The Morgan fingerprint density at radius 1 is 1.18 bits per heavy atom. The quantitative estimate of drug-likeness (QED) is 0.276. The van der Waals surface area contributed by atoms with Crippen LogP contribution < -0.4 is 10.1 Å². The van der Waals surface area contributed by atoms with E-state index in [0.717, 1.165) is 0 Å². The van der Waals surface area contributed by atoms with Gasteiger partial charge in [-0.1, -0.05) is 11.3 Å². The first-order chi connectivity index (χ1) is 16.4. The van der Waals surface area contributed by atoms with E-state index in [0.29, 0.717) is 48.2 Å². The number of amides is 1. The third kappa shape index (κ3) is 5.03. The number of aromatic nitrogens is 3. The van der Waals surface area contributed by atoms with Crippen molar-refractivity contribution < 1.29 is 19.1 Å². The lowest BCUT2D eigenvalue weighted by Gasteiger charge is -2.14. The van der Waals surface area contributed by atoms with E-state index in [2.05, 4.69) is 42.3 Å². The summed E-state index contributed by atoms with van der Waals surface area (Å²) < 4.78 is 11.2. The van der Waals surface area contributed by atoms with Crippen LogP contribution in [0.3, 0.4) is 0 Å². The molecule has 34 heavy (non-hydrogen) atoms. The van der Waals surface area contributed by atoms with Crippen LogP contribution in [0.2, 0.25) is 0 Å². The normalized spacial score (nSPS) is 10.5. The van der Waals surface area contributed by atoms with Crippen molar-refractivity contribution >= 4 is 54.6 Å². The summed E-state index contributed by atoms with van der Waals surface area (Å²) in [6.07, 6.45) is 1.39. The zero-order valence-corrected chi connectivity index (χ0v) is 20.4. The Hall–Kier alpha value is -3.88. The van der Waals surface area contributed by atoms with Crippen LogP contribution in [0, 0.1) is 11.3 Å². The van der Waals surface area contributed by atoms with Crippen LogP contribution in [0.4, 0.5) is 5.13 Å². The third-order valence-electron chi connectivity index (χ3n) is 4.69. The van der Waals surface area contributed by atoms with E-state index in [1.165, 1.54) is 31.6 Å². The number of ether oxygens (including phenoxy) is 2. The topological polar surface area (TPSA) is 127 Å². The summed E-state index contributed by atoms with van der Waals surface area (Å²) in [5.41, 5.74) is 2.69. The number of pyridine rings is 2. The van der Waals surface area contributed by atoms with Crippen LogP contribution in [0.25, 0.3) is 21.5 Å². The number of benzene rings is 1. The highest BCUT2D eigenvalue weighted by atomic mass is 79.9. The van der Waals surface area contributed by atoms with Crippen LogP contribution in [0.5, 0.6) is 5.75 Å². The van der Waals surface area contributed by atoms with Gasteiger partial charge in [-0.05, 0) is 52.3 Å². The van der Waals surface area contributed by atoms with E-state index < -0.39 is 11.9 Å². The van der Waals surface area contributed by atoms with Gasteiger partial charge in [-0.15, -0.1) is 0 Å². The molecule has 4 rings (SSSR count). The maximum atomic E-state index is 13.3. The van der Waals surface area contributed by atoms with Crippen LogP contribution in [0.15, 0.2) is 47.2 Å². The fraction of sp³-hybridized carbons (Fsp3) is 0.130. The Kier molecular flexibility index (Phi) is 6.81. The van der Waals surface area contributed by atoms with E-state index >= 15 is 0 Å². The van der Waals surface area contributed by atoms with Crippen molar-refractivity contribution in [1.29, 1.82) is 5.26 Å². The lowest BCUT2D eigenvalue weighted by molar-refractivity contribution is -0.142. The lowest BCUT2D eigenvalue weighted by atomic mass is 9.97. The minimum absolute atomic E-state index is 0.0666. The van der Waals surface area contributed by atoms with Gasteiger partial charge in [0.05, 0.1) is 30.0 Å². The molecule has 0 fully saturated rings. The van der Waals surface area contributed by atoms with E-state index in [9.17, 15) is 14.9 Å². The largest absolute Gasteiger partial charge is 0.496 e. The standard InChI is InChI=1S/C23H16BrN5O4S/c1-12(30)33-11-14-8-15(16-7-13(9-25)3-5-19(16)32-2)17(10-26-14)21(31)29-23-27-18-4-6-20(24)28-22(18)34-23/h3-8,10H,11H2,1-2H3,(H,27,29,31). The number of fused-ring (bicyclic) bond motifs is 1. The first-order valence-electron chi connectivity index (χ1n) is 9.83. The van der Waals surface area contributed by atoms with Gasteiger partial charge < -0.3 is 9.47 Å². The van der Waals surface area contributed by atoms with Gasteiger partial charge >= 0.3 is 5.97 Å². The second-order valence-corrected chi connectivity index (χ2v) is 8.75. The third-order valence-corrected chi connectivity index (χ3v) is 6.01. The molecule has 0 aliphatic carbocycles. The number of nitrogens with zero attached hydrogens (tertiary/aromatic N) is 4. The number of thiazole rings is 1. The summed E-state index contributed by atoms with van der Waals surface area (Å²) in [6.45, 7) is 1.23. The molecule has 0 saturated carbocycles. The molecular formula is C23H16BrN5O4S. The number of hydrogen-bond donors (Lipinski definition) is 1. The second-order valence-electron chi connectivity index (χ2n) is 6.96. The molecule has 0 spiro atoms. The second kappa shape index (κ2) is 9.94. The molecule has 0 aliphatic heterocycles. The number of hydrogen-bond acceptors (Lipinski definition) is 9. The number of nitriles is 1. The van der Waals surface area contributed by atoms with Gasteiger partial charge in [0.25, 0.3) is 5.91 Å². The lowest BCUT2D eigenvalue weighted by Crippen LogP contribution is -2.14. The van der Waals surface area contributed by atoms with E-state index in [-0.39, 0.29) is 12.2 Å². The van der Waals surface area contributed by atoms with Gasteiger partial charge in [-0.2, -0.15) is 5.26 Å². The molecule has 11 heteroatoms. The number of rotatable bonds is 6. The van der Waals surface area contributed by atoms with Crippen LogP contribution >= 0.6 is 27.3 Å². The smallest absolute Gasteiger partial charge is 0.303 e. The number of methoxy groups -OCH3 is 1. The van der Waals surface area contributed by atoms with Crippen LogP contribution in [0.1, 0.15) is 28.5 Å². The number of anilines is 1. The Balaban J connectivity index is 1.77. The summed E-state index contributed by atoms with van der Waals surface area (Å²) >= 11 is 4.56. The fourth-order valence-electron chi connectivity index (χ4n) is 3.16. The van der Waals surface area contributed by atoms with Gasteiger partial charge in [0, 0.05) is 24.2 Å². The summed E-state index contributed by atoms with van der Waals surface area (Å²) in [5, 5.41) is 12.5. The van der Waals surface area contributed by atoms with Gasteiger partial charge in [0.2, 0.25) is 0 Å². The molecule has 1 N–H and O–H groups in total. The first-order valence-corrected chi connectivity index (χ1v) is 11.4. The van der Waals surface area contributed by atoms with E-state index in [1.54, 1.807) is 36.4 Å². The van der Waals surface area contributed by atoms with Gasteiger partial charge in [-0.3, -0.25) is 19.9 Å². The Morgan fingerprint density at radius 2 is 2.00 bits per heavy atom. The first kappa shape index (κ1) is 23.3. The highest BCUT2D eigenvalue weighted by Crippen LogP contribution is 2.34. The van der Waals surface area contributed by atoms with Crippen molar-refractivity contribution in [1.82, 2.24) is 15.0 Å². The molecule has 0 atom stereocenters. The van der Waals surface area contributed by atoms with Crippen molar-refractivity contribution in [3.05, 3.63) is 64.0 Å². The Morgan fingerprint density at radius 3 is 2.74 bits per heavy atom. The number of nitrogens with one attached hydrogen (secondary N) is 1. The highest BCUT2D eigenvalue weighted by molar-refractivity contribution is 9.10. The molecule has 3 heterocycles. The van der Waals surface area contributed by atoms with Crippen molar-refractivity contribution in [3.63, 3.8) is 0 Å². The number of esters is 1. The maximum Gasteiger partial charge on any atom is 0.303 e. The SMILES string of the molecule is COc1ccc(C#N)cc1-c1cc(COC(C)=O)ncc1C(=O)Nc1nc2ccc(Br)nc2s1. The fourth-order valence-corrected chi connectivity index (χ4v) is 4.42. The molecule has 1 aromatic carbocycles. The van der Waals surface area contributed by atoms with Crippen LogP contribution in [-0.4, -0.2) is 33.9 Å². The van der Waals surface area contributed by atoms with Crippen molar-refractivity contribution in [2.24, 2.45) is 0 Å². The molecule has 4 aromatic rings. The van der Waals surface area contributed by atoms with Gasteiger partial charge in [-0.25, -0.2) is 9.97 Å². The zero-order chi connectivity index (χ0) is 24.2. The molecule has 3 aromatic heterocycles. The molecule has 9 nitrogen and oxygen atoms in total. The van der Waals surface area contributed by atoms with Crippen molar-refractivity contribution in [2.75, 3.05) is 12.4 Å². The monoisotopic (exact) mass is 537 g/mol. The minimum atomic E-state index is -0.455. The molecule has 1 amide bonds. The minimum Gasteiger partial charge on any atom is -0.496 e. The molecular weight excluding hydrogens is 522 g/mol. The average Bonchev–Trinajstić information content (AvgIpc) is 3.23. The molecule has 0 saturated heterocycles. The number of halogens is 1. The molecule has 170 valence electrons. The molecule has 0 unspecified atom stereocenters. The van der Waals surface area contributed by atoms with Crippen molar-refractivity contribution in [2.45, 2.75) is 13.5 Å². The Labute approximate surface area is 206 Å². The predicted molar refractivity (Wildman–Crippen MR) is 129 cm³/mol. The Bertz CT molecular complexity index is 1460. The zero-order valence-electron chi connectivity index (χ0n) is 18.0. The summed E-state index contributed by atoms with van der Waals surface area (Å²) in [5.74, 6) is -0.443. The van der Waals surface area contributed by atoms with E-state index in [4.69, 9.17) is 9.47 Å². The maximum absolute atomic E-state index is 13.3. The van der Waals surface area contributed by atoms with Crippen LogP contribution in [-0.2, 0) is 16.1 Å². The highest BCUT2D eigenvalue weighted by Gasteiger charge is 2.20. The number of carbonyl (C=O) groups is 2. The molecule has 0 aliphatic rings. The molecule has 0 radical (unpaired) electrons. The predicted octanol–water partition coefficient (Wildman–Crippen LogP) is 4.71.